The van der Waals surface area contributed by atoms with E-state index in [4.69, 9.17) is 14.2 Å². The lowest BCUT2D eigenvalue weighted by atomic mass is 10.1. The summed E-state index contributed by atoms with van der Waals surface area (Å²) in [5.41, 5.74) is 3.80. The largest absolute Gasteiger partial charge is 0.497 e. The minimum atomic E-state index is -0.0711. The molecular weight excluding hydrogens is 382 g/mol. The number of anilines is 1. The van der Waals surface area contributed by atoms with Gasteiger partial charge in [0.05, 0.1) is 19.9 Å². The van der Waals surface area contributed by atoms with Crippen molar-refractivity contribution in [3.63, 3.8) is 0 Å². The fourth-order valence-electron chi connectivity index (χ4n) is 3.25. The van der Waals surface area contributed by atoms with Gasteiger partial charge in [0.2, 0.25) is 5.91 Å². The molecular formula is C23H27N3O4. The maximum Gasteiger partial charge on any atom is 0.224 e. The van der Waals surface area contributed by atoms with Gasteiger partial charge in [0.25, 0.3) is 0 Å². The van der Waals surface area contributed by atoms with Gasteiger partial charge in [-0.3, -0.25) is 9.48 Å². The number of methoxy groups -OCH3 is 2. The zero-order valence-corrected chi connectivity index (χ0v) is 18.0. The zero-order valence-electron chi connectivity index (χ0n) is 18.0. The Balaban J connectivity index is 1.68. The molecule has 0 spiro atoms. The van der Waals surface area contributed by atoms with E-state index in [1.807, 2.05) is 49.8 Å². The second kappa shape index (κ2) is 9.35. The molecule has 1 heterocycles. The summed E-state index contributed by atoms with van der Waals surface area (Å²) in [5, 5.41) is 7.33. The fraction of sp³-hybridized carbons (Fsp3) is 0.304. The van der Waals surface area contributed by atoms with Crippen molar-refractivity contribution in [3.05, 3.63) is 59.4 Å². The Hall–Kier alpha value is -3.48. The van der Waals surface area contributed by atoms with Crippen molar-refractivity contribution in [2.75, 3.05) is 19.5 Å². The Morgan fingerprint density at radius 2 is 1.70 bits per heavy atom. The molecule has 1 N–H and O–H groups in total. The van der Waals surface area contributed by atoms with Gasteiger partial charge in [-0.2, -0.15) is 5.10 Å². The van der Waals surface area contributed by atoms with Crippen LogP contribution in [0.1, 0.15) is 23.4 Å². The normalized spacial score (nSPS) is 10.6. The first kappa shape index (κ1) is 21.2. The Kier molecular flexibility index (Phi) is 6.61. The van der Waals surface area contributed by atoms with Gasteiger partial charge in [-0.05, 0) is 62.2 Å². The Morgan fingerprint density at radius 3 is 2.30 bits per heavy atom. The van der Waals surface area contributed by atoms with E-state index in [1.54, 1.807) is 32.4 Å². The van der Waals surface area contributed by atoms with Crippen molar-refractivity contribution in [3.8, 4) is 23.0 Å². The van der Waals surface area contributed by atoms with Crippen LogP contribution in [0.25, 0.3) is 0 Å². The lowest BCUT2D eigenvalue weighted by Crippen LogP contribution is -2.13. The average Bonchev–Trinajstić information content (AvgIpc) is 2.98. The molecule has 3 aromatic rings. The molecule has 7 nitrogen and oxygen atoms in total. The maximum absolute atomic E-state index is 12.5. The van der Waals surface area contributed by atoms with Crippen molar-refractivity contribution in [2.24, 2.45) is 7.05 Å². The minimum absolute atomic E-state index is 0.0711. The summed E-state index contributed by atoms with van der Waals surface area (Å²) >= 11 is 0. The molecule has 0 fully saturated rings. The van der Waals surface area contributed by atoms with Gasteiger partial charge < -0.3 is 19.5 Å². The average molecular weight is 409 g/mol. The summed E-state index contributed by atoms with van der Waals surface area (Å²) in [7, 11) is 5.10. The number of ether oxygens (including phenoxy) is 3. The van der Waals surface area contributed by atoms with Gasteiger partial charge in [-0.1, -0.05) is 0 Å². The van der Waals surface area contributed by atoms with Crippen LogP contribution in [0.15, 0.2) is 42.5 Å². The van der Waals surface area contributed by atoms with Crippen molar-refractivity contribution in [1.29, 1.82) is 0 Å². The quantitative estimate of drug-likeness (QED) is 0.596. The molecule has 1 aromatic heterocycles. The van der Waals surface area contributed by atoms with Crippen LogP contribution in [0.2, 0.25) is 0 Å². The van der Waals surface area contributed by atoms with Crippen LogP contribution >= 0.6 is 0 Å². The summed E-state index contributed by atoms with van der Waals surface area (Å²) in [4.78, 5) is 12.5. The molecule has 0 saturated carbocycles. The molecule has 0 aliphatic heterocycles. The summed E-state index contributed by atoms with van der Waals surface area (Å²) in [6.45, 7) is 3.98. The highest BCUT2D eigenvalue weighted by atomic mass is 16.5. The number of amides is 1. The van der Waals surface area contributed by atoms with Gasteiger partial charge in [0.15, 0.2) is 11.5 Å². The highest BCUT2D eigenvalue weighted by Crippen LogP contribution is 2.34. The van der Waals surface area contributed by atoms with Gasteiger partial charge >= 0.3 is 0 Å². The first-order valence-electron chi connectivity index (χ1n) is 9.70. The third-order valence-electron chi connectivity index (χ3n) is 5.00. The highest BCUT2D eigenvalue weighted by Gasteiger charge is 2.13. The van der Waals surface area contributed by atoms with Gasteiger partial charge in [0, 0.05) is 30.9 Å². The number of nitrogens with zero attached hydrogens (tertiary/aromatic N) is 2. The molecule has 0 radical (unpaired) electrons. The molecule has 0 bridgehead atoms. The lowest BCUT2D eigenvalue weighted by Gasteiger charge is -2.13. The summed E-state index contributed by atoms with van der Waals surface area (Å²) in [6.07, 6.45) is 1.01. The Labute approximate surface area is 176 Å². The first-order chi connectivity index (χ1) is 14.4. The second-order valence-corrected chi connectivity index (χ2v) is 6.96. The third-order valence-corrected chi connectivity index (χ3v) is 5.00. The van der Waals surface area contributed by atoms with Crippen LogP contribution < -0.4 is 19.5 Å². The number of rotatable bonds is 8. The van der Waals surface area contributed by atoms with E-state index in [-0.39, 0.29) is 5.91 Å². The predicted octanol–water partition coefficient (Wildman–Crippen LogP) is 4.42. The number of hydrogen-bond acceptors (Lipinski definition) is 5. The predicted molar refractivity (Wildman–Crippen MR) is 116 cm³/mol. The Morgan fingerprint density at radius 1 is 1.00 bits per heavy atom. The molecule has 158 valence electrons. The van der Waals surface area contributed by atoms with Crippen LogP contribution in [-0.2, 0) is 18.3 Å². The van der Waals surface area contributed by atoms with Crippen LogP contribution in [0.3, 0.4) is 0 Å². The summed E-state index contributed by atoms with van der Waals surface area (Å²) < 4.78 is 18.3. The molecule has 7 heteroatoms. The van der Waals surface area contributed by atoms with Crippen molar-refractivity contribution in [1.82, 2.24) is 9.78 Å². The standard InChI is InChI=1S/C23H27N3O4/c1-15-20(16(2)26(3)25-15)11-13-23(27)24-17-6-12-21(29-5)22(14-17)30-19-9-7-18(28-4)8-10-19/h6-10,12,14H,11,13H2,1-5H3,(H,24,27). The molecule has 1 amide bonds. The SMILES string of the molecule is COc1ccc(Oc2cc(NC(=O)CCc3c(C)nn(C)c3C)ccc2OC)cc1. The Bertz CT molecular complexity index is 1030. The van der Waals surface area contributed by atoms with Gasteiger partial charge in [-0.15, -0.1) is 0 Å². The van der Waals surface area contributed by atoms with Crippen LogP contribution in [0.5, 0.6) is 23.0 Å². The molecule has 30 heavy (non-hydrogen) atoms. The number of carbonyl (C=O) groups excluding carboxylic acids is 1. The maximum atomic E-state index is 12.5. The van der Waals surface area contributed by atoms with Crippen molar-refractivity contribution < 1.29 is 19.0 Å². The minimum Gasteiger partial charge on any atom is -0.497 e. The third kappa shape index (κ3) is 4.92. The van der Waals surface area contributed by atoms with E-state index in [0.29, 0.717) is 35.8 Å². The number of benzene rings is 2. The number of nitrogens with one attached hydrogen (secondary N) is 1. The second-order valence-electron chi connectivity index (χ2n) is 6.96. The van der Waals surface area contributed by atoms with Crippen molar-refractivity contribution >= 4 is 11.6 Å². The molecule has 0 saturated heterocycles. The highest BCUT2D eigenvalue weighted by molar-refractivity contribution is 5.91. The topological polar surface area (TPSA) is 74.6 Å². The first-order valence-corrected chi connectivity index (χ1v) is 9.70. The fourth-order valence-corrected chi connectivity index (χ4v) is 3.25. The van der Waals surface area contributed by atoms with E-state index in [0.717, 1.165) is 22.7 Å². The monoisotopic (exact) mass is 409 g/mol. The lowest BCUT2D eigenvalue weighted by molar-refractivity contribution is -0.116. The molecule has 0 aliphatic carbocycles. The van der Waals surface area contributed by atoms with Crippen LogP contribution in [-0.4, -0.2) is 29.9 Å². The van der Waals surface area contributed by atoms with Crippen LogP contribution in [0, 0.1) is 13.8 Å². The molecule has 0 atom stereocenters. The molecule has 2 aromatic carbocycles. The number of aryl methyl sites for hydroxylation is 2. The van der Waals surface area contributed by atoms with Gasteiger partial charge in [0.1, 0.15) is 11.5 Å². The van der Waals surface area contributed by atoms with E-state index < -0.39 is 0 Å². The van der Waals surface area contributed by atoms with E-state index in [9.17, 15) is 4.79 Å². The number of carbonyl (C=O) groups is 1. The van der Waals surface area contributed by atoms with E-state index in [2.05, 4.69) is 10.4 Å². The molecule has 3 rings (SSSR count). The van der Waals surface area contributed by atoms with Crippen molar-refractivity contribution in [2.45, 2.75) is 26.7 Å². The van der Waals surface area contributed by atoms with E-state index >= 15 is 0 Å². The number of hydrogen-bond donors (Lipinski definition) is 1. The number of aromatic nitrogens is 2. The van der Waals surface area contributed by atoms with E-state index in [1.165, 1.54) is 0 Å². The smallest absolute Gasteiger partial charge is 0.224 e. The molecule has 0 aliphatic rings. The summed E-state index contributed by atoms with van der Waals surface area (Å²) in [5.74, 6) is 2.40. The molecule has 0 unspecified atom stereocenters. The zero-order chi connectivity index (χ0) is 21.7. The van der Waals surface area contributed by atoms with Gasteiger partial charge in [-0.25, -0.2) is 0 Å². The summed E-state index contributed by atoms with van der Waals surface area (Å²) in [6, 6.07) is 12.6. The van der Waals surface area contributed by atoms with Crippen LogP contribution in [0.4, 0.5) is 5.69 Å².